The summed E-state index contributed by atoms with van der Waals surface area (Å²) in [6, 6.07) is 12.7. The molecule has 0 saturated carbocycles. The van der Waals surface area contributed by atoms with Crippen molar-refractivity contribution in [3.05, 3.63) is 65.2 Å². The molecule has 0 atom stereocenters. The van der Waals surface area contributed by atoms with Gasteiger partial charge in [-0.1, -0.05) is 19.1 Å². The molecule has 0 amide bonds. The van der Waals surface area contributed by atoms with Gasteiger partial charge in [0.1, 0.15) is 0 Å². The molecule has 1 aliphatic heterocycles. The molecule has 7 nitrogen and oxygen atoms in total. The number of carbonyl (C=O) groups is 2. The fourth-order valence-corrected chi connectivity index (χ4v) is 4.33. The highest BCUT2D eigenvalue weighted by atomic mass is 32.2. The fourth-order valence-electron chi connectivity index (χ4n) is 2.92. The van der Waals surface area contributed by atoms with Crippen molar-refractivity contribution in [3.63, 3.8) is 0 Å². The molecule has 29 heavy (non-hydrogen) atoms. The van der Waals surface area contributed by atoms with Crippen molar-refractivity contribution >= 4 is 21.8 Å². The zero-order valence-electron chi connectivity index (χ0n) is 16.2. The summed E-state index contributed by atoms with van der Waals surface area (Å²) in [6.45, 7) is 2.94. The van der Waals surface area contributed by atoms with Gasteiger partial charge >= 0.3 is 5.97 Å². The number of hydrogen-bond acceptors (Lipinski definition) is 6. The number of nitrogens with zero attached hydrogens (tertiary/aromatic N) is 1. The number of ether oxygens (including phenoxy) is 2. The number of Topliss-reactive ketones (excluding diaryl/α,β-unsaturated/α-hetero) is 1. The van der Waals surface area contributed by atoms with Crippen LogP contribution in [0.3, 0.4) is 0 Å². The van der Waals surface area contributed by atoms with E-state index in [0.717, 1.165) is 12.0 Å². The molecule has 0 N–H and O–H groups in total. The van der Waals surface area contributed by atoms with E-state index in [0.29, 0.717) is 31.9 Å². The van der Waals surface area contributed by atoms with E-state index >= 15 is 0 Å². The third kappa shape index (κ3) is 5.09. The molecule has 8 heteroatoms. The molecule has 154 valence electrons. The van der Waals surface area contributed by atoms with Crippen LogP contribution >= 0.6 is 0 Å². The maximum atomic E-state index is 12.6. The van der Waals surface area contributed by atoms with E-state index in [9.17, 15) is 18.0 Å². The highest BCUT2D eigenvalue weighted by molar-refractivity contribution is 7.89. The maximum Gasteiger partial charge on any atom is 0.338 e. The molecule has 2 aromatic rings. The van der Waals surface area contributed by atoms with Gasteiger partial charge in [-0.2, -0.15) is 4.31 Å². The minimum absolute atomic E-state index is 0.115. The Morgan fingerprint density at radius 3 is 2.14 bits per heavy atom. The Morgan fingerprint density at radius 1 is 0.966 bits per heavy atom. The summed E-state index contributed by atoms with van der Waals surface area (Å²) in [7, 11) is -3.62. The zero-order valence-corrected chi connectivity index (χ0v) is 17.0. The predicted octanol–water partition coefficient (Wildman–Crippen LogP) is 2.31. The summed E-state index contributed by atoms with van der Waals surface area (Å²) < 4.78 is 36.8. The molecule has 0 aromatic heterocycles. The van der Waals surface area contributed by atoms with Gasteiger partial charge in [-0.3, -0.25) is 4.79 Å². The van der Waals surface area contributed by atoms with E-state index in [1.54, 1.807) is 12.1 Å². The molecule has 3 rings (SSSR count). The summed E-state index contributed by atoms with van der Waals surface area (Å²) in [6.07, 6.45) is 0.866. The molecule has 0 radical (unpaired) electrons. The summed E-state index contributed by atoms with van der Waals surface area (Å²) in [5, 5.41) is 0. The first-order valence-corrected chi connectivity index (χ1v) is 10.8. The Morgan fingerprint density at radius 2 is 1.55 bits per heavy atom. The van der Waals surface area contributed by atoms with Crippen molar-refractivity contribution in [1.82, 2.24) is 4.31 Å². The van der Waals surface area contributed by atoms with Gasteiger partial charge in [0.15, 0.2) is 12.4 Å². The number of rotatable bonds is 7. The van der Waals surface area contributed by atoms with Gasteiger partial charge in [0, 0.05) is 18.7 Å². The van der Waals surface area contributed by atoms with Crippen LogP contribution in [0, 0.1) is 0 Å². The van der Waals surface area contributed by atoms with Gasteiger partial charge in [-0.05, 0) is 48.4 Å². The molecule has 0 aliphatic carbocycles. The molecule has 0 spiro atoms. The van der Waals surface area contributed by atoms with Crippen molar-refractivity contribution in [2.24, 2.45) is 0 Å². The zero-order chi connectivity index (χ0) is 20.9. The van der Waals surface area contributed by atoms with Crippen molar-refractivity contribution < 1.29 is 27.5 Å². The van der Waals surface area contributed by atoms with Gasteiger partial charge in [-0.25, -0.2) is 13.2 Å². The highest BCUT2D eigenvalue weighted by Crippen LogP contribution is 2.18. The van der Waals surface area contributed by atoms with Crippen molar-refractivity contribution in [2.75, 3.05) is 32.9 Å². The average molecular weight is 417 g/mol. The summed E-state index contributed by atoms with van der Waals surface area (Å²) in [4.78, 5) is 24.5. The monoisotopic (exact) mass is 417 g/mol. The van der Waals surface area contributed by atoms with E-state index in [1.165, 1.54) is 28.6 Å². The molecule has 1 fully saturated rings. The number of sulfonamides is 1. The number of esters is 1. The first-order valence-electron chi connectivity index (χ1n) is 9.39. The lowest BCUT2D eigenvalue weighted by atomic mass is 10.1. The van der Waals surface area contributed by atoms with E-state index in [4.69, 9.17) is 9.47 Å². The van der Waals surface area contributed by atoms with Crippen LogP contribution in [0.15, 0.2) is 53.4 Å². The Kier molecular flexibility index (Phi) is 6.79. The van der Waals surface area contributed by atoms with E-state index in [1.807, 2.05) is 19.1 Å². The first-order chi connectivity index (χ1) is 13.9. The van der Waals surface area contributed by atoms with Crippen LogP contribution in [-0.2, 0) is 25.9 Å². The van der Waals surface area contributed by atoms with Crippen LogP contribution in [0.2, 0.25) is 0 Å². The van der Waals surface area contributed by atoms with E-state index < -0.39 is 28.4 Å². The summed E-state index contributed by atoms with van der Waals surface area (Å²) >= 11 is 0. The summed E-state index contributed by atoms with van der Waals surface area (Å²) in [5.74, 6) is -0.980. The van der Waals surface area contributed by atoms with Crippen LogP contribution in [-0.4, -0.2) is 57.4 Å². The van der Waals surface area contributed by atoms with Crippen LogP contribution in [0.25, 0.3) is 0 Å². The van der Waals surface area contributed by atoms with Crippen LogP contribution in [0.4, 0.5) is 0 Å². The second-order valence-electron chi connectivity index (χ2n) is 6.59. The lowest BCUT2D eigenvalue weighted by Crippen LogP contribution is -2.40. The van der Waals surface area contributed by atoms with E-state index in [-0.39, 0.29) is 10.5 Å². The van der Waals surface area contributed by atoms with Crippen molar-refractivity contribution in [2.45, 2.75) is 18.2 Å². The second kappa shape index (κ2) is 9.30. The van der Waals surface area contributed by atoms with Gasteiger partial charge < -0.3 is 9.47 Å². The highest BCUT2D eigenvalue weighted by Gasteiger charge is 2.26. The number of ketones is 1. The Balaban J connectivity index is 1.60. The van der Waals surface area contributed by atoms with Gasteiger partial charge in [0.2, 0.25) is 10.0 Å². The van der Waals surface area contributed by atoms with Gasteiger partial charge in [0.05, 0.1) is 23.7 Å². The lowest BCUT2D eigenvalue weighted by Gasteiger charge is -2.26. The van der Waals surface area contributed by atoms with Crippen molar-refractivity contribution in [1.29, 1.82) is 0 Å². The summed E-state index contributed by atoms with van der Waals surface area (Å²) in [5.41, 5.74) is 1.76. The van der Waals surface area contributed by atoms with Crippen LogP contribution < -0.4 is 0 Å². The number of hydrogen-bond donors (Lipinski definition) is 0. The molecule has 0 bridgehead atoms. The molecular formula is C21H23NO6S. The number of morpholine rings is 1. The Hall–Kier alpha value is -2.55. The SMILES string of the molecule is CCc1ccc(C(=O)OCC(=O)c2ccc(S(=O)(=O)N3CCOCC3)cc2)cc1. The minimum atomic E-state index is -3.62. The van der Waals surface area contributed by atoms with Crippen molar-refractivity contribution in [3.8, 4) is 0 Å². The molecular weight excluding hydrogens is 394 g/mol. The normalized spacial score (nSPS) is 15.1. The number of carbonyl (C=O) groups excluding carboxylic acids is 2. The number of benzene rings is 2. The second-order valence-corrected chi connectivity index (χ2v) is 8.53. The fraction of sp³-hybridized carbons (Fsp3) is 0.333. The maximum absolute atomic E-state index is 12.6. The largest absolute Gasteiger partial charge is 0.454 e. The lowest BCUT2D eigenvalue weighted by molar-refractivity contribution is 0.0474. The molecule has 1 heterocycles. The topological polar surface area (TPSA) is 90.0 Å². The Labute approximate surface area is 170 Å². The molecule has 0 unspecified atom stereocenters. The molecule has 1 saturated heterocycles. The van der Waals surface area contributed by atoms with Gasteiger partial charge in [0.25, 0.3) is 0 Å². The predicted molar refractivity (Wildman–Crippen MR) is 106 cm³/mol. The smallest absolute Gasteiger partial charge is 0.338 e. The first kappa shape index (κ1) is 21.2. The quantitative estimate of drug-likeness (QED) is 0.507. The Bertz CT molecular complexity index is 961. The average Bonchev–Trinajstić information content (AvgIpc) is 2.78. The third-order valence-corrected chi connectivity index (χ3v) is 6.63. The van der Waals surface area contributed by atoms with E-state index in [2.05, 4.69) is 0 Å². The minimum Gasteiger partial charge on any atom is -0.454 e. The van der Waals surface area contributed by atoms with Gasteiger partial charge in [-0.15, -0.1) is 0 Å². The third-order valence-electron chi connectivity index (χ3n) is 4.72. The standard InChI is InChI=1S/C21H23NO6S/c1-2-16-3-5-18(6-4-16)21(24)28-15-20(23)17-7-9-19(10-8-17)29(25,26)22-11-13-27-14-12-22/h3-10H,2,11-15H2,1H3. The molecule has 1 aliphatic rings. The molecule has 2 aromatic carbocycles. The van der Waals surface area contributed by atoms with Crippen LogP contribution in [0.5, 0.6) is 0 Å². The van der Waals surface area contributed by atoms with Crippen LogP contribution in [0.1, 0.15) is 33.2 Å². The number of aryl methyl sites for hydroxylation is 1.